The van der Waals surface area contributed by atoms with E-state index in [0.717, 1.165) is 0 Å². The lowest BCUT2D eigenvalue weighted by Crippen LogP contribution is -2.44. The van der Waals surface area contributed by atoms with Crippen LogP contribution >= 0.6 is 0 Å². The van der Waals surface area contributed by atoms with Crippen molar-refractivity contribution in [1.82, 2.24) is 0 Å². The predicted molar refractivity (Wildman–Crippen MR) is 69.6 cm³/mol. The fraction of sp³-hybridized carbons (Fsp3) is 0.0667. The molecule has 0 saturated carbocycles. The van der Waals surface area contributed by atoms with Gasteiger partial charge in [-0.1, -0.05) is 65.8 Å². The van der Waals surface area contributed by atoms with Gasteiger partial charge in [-0.2, -0.15) is 0 Å². The Morgan fingerprint density at radius 3 is 1.80 bits per heavy atom. The van der Waals surface area contributed by atoms with E-state index in [1.54, 1.807) is 48.5 Å². The van der Waals surface area contributed by atoms with Gasteiger partial charge in [-0.05, 0) is 0 Å². The van der Waals surface area contributed by atoms with E-state index in [1.165, 1.54) is 0 Å². The van der Waals surface area contributed by atoms with Crippen LogP contribution in [0, 0.1) is 0 Å². The van der Waals surface area contributed by atoms with E-state index in [1.807, 2.05) is 12.1 Å². The van der Waals surface area contributed by atoms with Gasteiger partial charge in [0, 0.05) is 16.4 Å². The molecular formula is C15H10N2O3. The van der Waals surface area contributed by atoms with E-state index in [4.69, 9.17) is 4.84 Å². The van der Waals surface area contributed by atoms with Crippen LogP contribution in [0.15, 0.2) is 71.1 Å². The monoisotopic (exact) mass is 266 g/mol. The number of carbonyl (C=O) groups is 2. The van der Waals surface area contributed by atoms with Gasteiger partial charge < -0.3 is 4.84 Å². The van der Waals surface area contributed by atoms with E-state index < -0.39 is 17.3 Å². The largest absolute Gasteiger partial charge is 0.354 e. The molecule has 3 rings (SSSR count). The second kappa shape index (κ2) is 4.70. The number of Topliss-reactive ketones (excluding diaryl/α,β-unsaturated/α-hetero) is 1. The Morgan fingerprint density at radius 1 is 0.800 bits per heavy atom. The van der Waals surface area contributed by atoms with Gasteiger partial charge in [0.15, 0.2) is 0 Å². The zero-order valence-corrected chi connectivity index (χ0v) is 10.4. The van der Waals surface area contributed by atoms with Crippen molar-refractivity contribution < 1.29 is 14.4 Å². The summed E-state index contributed by atoms with van der Waals surface area (Å²) < 4.78 is 0. The van der Waals surface area contributed by atoms with Gasteiger partial charge in [0.05, 0.1) is 0 Å². The fourth-order valence-electron chi connectivity index (χ4n) is 2.24. The first-order valence-corrected chi connectivity index (χ1v) is 6.04. The van der Waals surface area contributed by atoms with E-state index >= 15 is 0 Å². The van der Waals surface area contributed by atoms with Crippen LogP contribution in [0.1, 0.15) is 11.1 Å². The molecule has 2 aromatic rings. The van der Waals surface area contributed by atoms with E-state index in [0.29, 0.717) is 11.1 Å². The maximum Gasteiger partial charge on any atom is 0.339 e. The van der Waals surface area contributed by atoms with Crippen molar-refractivity contribution in [3.63, 3.8) is 0 Å². The number of rotatable bonds is 2. The minimum atomic E-state index is -1.55. The number of benzene rings is 2. The second-order valence-corrected chi connectivity index (χ2v) is 4.32. The SMILES string of the molecule is O=C1N=NOC(c2ccccc2)(c2ccccc2)C1=O. The molecule has 20 heavy (non-hydrogen) atoms. The van der Waals surface area contributed by atoms with Crippen molar-refractivity contribution in [2.45, 2.75) is 5.60 Å². The number of hydrogen-bond acceptors (Lipinski definition) is 4. The van der Waals surface area contributed by atoms with Crippen LogP contribution in [0.4, 0.5) is 0 Å². The van der Waals surface area contributed by atoms with E-state index in [-0.39, 0.29) is 0 Å². The van der Waals surface area contributed by atoms with Crippen molar-refractivity contribution in [1.29, 1.82) is 0 Å². The molecule has 5 nitrogen and oxygen atoms in total. The molecule has 0 N–H and O–H groups in total. The van der Waals surface area contributed by atoms with Gasteiger partial charge >= 0.3 is 5.91 Å². The van der Waals surface area contributed by atoms with Gasteiger partial charge in [0.1, 0.15) is 0 Å². The lowest BCUT2D eigenvalue weighted by molar-refractivity contribution is -0.157. The number of amides is 1. The Kier molecular flexibility index (Phi) is 2.87. The molecule has 1 aliphatic rings. The molecule has 0 radical (unpaired) electrons. The van der Waals surface area contributed by atoms with Crippen LogP contribution in [-0.2, 0) is 20.0 Å². The van der Waals surface area contributed by atoms with Crippen LogP contribution in [-0.4, -0.2) is 11.7 Å². The minimum Gasteiger partial charge on any atom is -0.354 e. The summed E-state index contributed by atoms with van der Waals surface area (Å²) in [6.07, 6.45) is 0. The summed E-state index contributed by atoms with van der Waals surface area (Å²) in [6.45, 7) is 0. The first-order valence-electron chi connectivity index (χ1n) is 6.04. The molecule has 1 aliphatic heterocycles. The maximum absolute atomic E-state index is 12.4. The number of ketones is 1. The van der Waals surface area contributed by atoms with Crippen molar-refractivity contribution in [3.8, 4) is 0 Å². The highest BCUT2D eigenvalue weighted by Gasteiger charge is 2.51. The van der Waals surface area contributed by atoms with Crippen molar-refractivity contribution in [2.24, 2.45) is 10.4 Å². The van der Waals surface area contributed by atoms with E-state index in [2.05, 4.69) is 10.4 Å². The van der Waals surface area contributed by atoms with Crippen LogP contribution < -0.4 is 0 Å². The number of hydrogen-bond donors (Lipinski definition) is 0. The Bertz CT molecular complexity index is 641. The molecule has 1 heterocycles. The zero-order chi connectivity index (χ0) is 14.0. The molecule has 0 bridgehead atoms. The van der Waals surface area contributed by atoms with Gasteiger partial charge in [0.2, 0.25) is 0 Å². The summed E-state index contributed by atoms with van der Waals surface area (Å²) in [5.41, 5.74) is -0.465. The van der Waals surface area contributed by atoms with Crippen LogP contribution in [0.25, 0.3) is 0 Å². The first-order chi connectivity index (χ1) is 9.75. The smallest absolute Gasteiger partial charge is 0.339 e. The maximum atomic E-state index is 12.4. The number of nitrogens with zero attached hydrogens (tertiary/aromatic N) is 2. The lowest BCUT2D eigenvalue weighted by Gasteiger charge is -2.30. The highest BCUT2D eigenvalue weighted by Crippen LogP contribution is 2.37. The molecule has 0 unspecified atom stereocenters. The fourth-order valence-corrected chi connectivity index (χ4v) is 2.24. The van der Waals surface area contributed by atoms with Gasteiger partial charge in [0.25, 0.3) is 11.4 Å². The van der Waals surface area contributed by atoms with Gasteiger partial charge in [-0.3, -0.25) is 9.59 Å². The molecule has 0 saturated heterocycles. The van der Waals surface area contributed by atoms with E-state index in [9.17, 15) is 9.59 Å². The van der Waals surface area contributed by atoms with Crippen LogP contribution in [0.3, 0.4) is 0 Å². The van der Waals surface area contributed by atoms with Crippen molar-refractivity contribution >= 4 is 11.7 Å². The third kappa shape index (κ3) is 1.72. The summed E-state index contributed by atoms with van der Waals surface area (Å²) in [7, 11) is 0. The second-order valence-electron chi connectivity index (χ2n) is 4.32. The van der Waals surface area contributed by atoms with Gasteiger partial charge in [-0.25, -0.2) is 0 Å². The molecule has 1 amide bonds. The predicted octanol–water partition coefficient (Wildman–Crippen LogP) is 2.42. The highest BCUT2D eigenvalue weighted by molar-refractivity contribution is 6.40. The Hall–Kier alpha value is -2.82. The molecule has 5 heteroatoms. The van der Waals surface area contributed by atoms with Crippen LogP contribution in [0.2, 0.25) is 0 Å². The summed E-state index contributed by atoms with van der Waals surface area (Å²) in [6, 6.07) is 17.6. The molecule has 98 valence electrons. The summed E-state index contributed by atoms with van der Waals surface area (Å²) in [5, 5.41) is 6.54. The zero-order valence-electron chi connectivity index (χ0n) is 10.4. The van der Waals surface area contributed by atoms with Gasteiger partial charge in [-0.15, -0.1) is 0 Å². The molecule has 0 aliphatic carbocycles. The first kappa shape index (κ1) is 12.2. The third-order valence-electron chi connectivity index (χ3n) is 3.18. The Labute approximate surface area is 114 Å². The average Bonchev–Trinajstić information content (AvgIpc) is 2.52. The quantitative estimate of drug-likeness (QED) is 0.784. The molecule has 0 spiro atoms. The molecule has 0 atom stereocenters. The molecule has 0 aromatic heterocycles. The Balaban J connectivity index is 2.27. The average molecular weight is 266 g/mol. The molecule has 2 aromatic carbocycles. The van der Waals surface area contributed by atoms with Crippen molar-refractivity contribution in [3.05, 3.63) is 71.8 Å². The number of carbonyl (C=O) groups excluding carboxylic acids is 2. The highest BCUT2D eigenvalue weighted by atomic mass is 16.7. The summed E-state index contributed by atoms with van der Waals surface area (Å²) >= 11 is 0. The van der Waals surface area contributed by atoms with Crippen molar-refractivity contribution in [2.75, 3.05) is 0 Å². The topological polar surface area (TPSA) is 68.1 Å². The standard InChI is InChI=1S/C15H10N2O3/c18-13-14(19)16-17-20-15(13,11-7-3-1-4-8-11)12-9-5-2-6-10-12/h1-10H. The summed E-state index contributed by atoms with van der Waals surface area (Å²) in [5.74, 6) is -1.66. The normalized spacial score (nSPS) is 16.8. The molecule has 0 fully saturated rings. The third-order valence-corrected chi connectivity index (χ3v) is 3.18. The lowest BCUT2D eigenvalue weighted by atomic mass is 9.82. The molecular weight excluding hydrogens is 256 g/mol. The Morgan fingerprint density at radius 2 is 1.30 bits per heavy atom. The minimum absolute atomic E-state index is 0.545. The van der Waals surface area contributed by atoms with Crippen LogP contribution in [0.5, 0.6) is 0 Å². The summed E-state index contributed by atoms with van der Waals surface area (Å²) in [4.78, 5) is 29.4.